The van der Waals surface area contributed by atoms with Gasteiger partial charge >= 0.3 is 6.09 Å². The number of carbonyl (C=O) groups is 2. The highest BCUT2D eigenvalue weighted by Crippen LogP contribution is 2.35. The number of hydrogen-bond acceptors (Lipinski definition) is 5. The third kappa shape index (κ3) is 7.35. The van der Waals surface area contributed by atoms with E-state index in [4.69, 9.17) is 4.74 Å². The van der Waals surface area contributed by atoms with Crippen LogP contribution in [0.2, 0.25) is 0 Å². The van der Waals surface area contributed by atoms with Crippen molar-refractivity contribution in [2.45, 2.75) is 85.9 Å². The second-order valence-electron chi connectivity index (χ2n) is 11.3. The Morgan fingerprint density at radius 3 is 2.16 bits per heavy atom. The van der Waals surface area contributed by atoms with Crippen LogP contribution < -0.4 is 5.32 Å². The summed E-state index contributed by atoms with van der Waals surface area (Å²) in [4.78, 5) is 32.5. The molecule has 2 amide bonds. The number of nitrogens with zero attached hydrogens (tertiary/aromatic N) is 3. The molecule has 2 rings (SSSR count). The third-order valence-electron chi connectivity index (χ3n) is 6.56. The number of hydrogen-bond donors (Lipinski definition) is 1. The number of piperazine rings is 1. The minimum atomic E-state index is -0.486. The molecule has 7 heteroatoms. The Morgan fingerprint density at radius 2 is 1.68 bits per heavy atom. The summed E-state index contributed by atoms with van der Waals surface area (Å²) in [7, 11) is 0. The summed E-state index contributed by atoms with van der Waals surface area (Å²) < 4.78 is 5.56. The first-order valence-corrected chi connectivity index (χ1v) is 12.1. The molecule has 0 aromatic heterocycles. The zero-order valence-electron chi connectivity index (χ0n) is 21.2. The van der Waals surface area contributed by atoms with Gasteiger partial charge in [0.2, 0.25) is 5.91 Å². The first-order chi connectivity index (χ1) is 14.3. The van der Waals surface area contributed by atoms with Crippen molar-refractivity contribution in [1.29, 1.82) is 0 Å². The van der Waals surface area contributed by atoms with Crippen molar-refractivity contribution in [3.8, 4) is 0 Å². The fraction of sp³-hybridized carbons (Fsp3) is 0.917. The summed E-state index contributed by atoms with van der Waals surface area (Å²) in [5, 5.41) is 3.23. The zero-order valence-corrected chi connectivity index (χ0v) is 21.2. The number of nitrogens with one attached hydrogen (secondary N) is 1. The van der Waals surface area contributed by atoms with Crippen molar-refractivity contribution in [2.24, 2.45) is 11.3 Å². The quantitative estimate of drug-likeness (QED) is 0.690. The predicted octanol–water partition coefficient (Wildman–Crippen LogP) is 3.19. The number of carbonyl (C=O) groups excluding carboxylic acids is 2. The van der Waals surface area contributed by atoms with Crippen LogP contribution in [0.3, 0.4) is 0 Å². The molecule has 0 aliphatic carbocycles. The summed E-state index contributed by atoms with van der Waals surface area (Å²) in [5.74, 6) is 0.638. The Balaban J connectivity index is 2.05. The number of likely N-dealkylation sites (tertiary alicyclic amines) is 1. The van der Waals surface area contributed by atoms with Crippen molar-refractivity contribution >= 4 is 12.0 Å². The van der Waals surface area contributed by atoms with Crippen LogP contribution in [-0.2, 0) is 9.53 Å². The molecule has 7 nitrogen and oxygen atoms in total. The Labute approximate surface area is 189 Å². The third-order valence-corrected chi connectivity index (χ3v) is 6.56. The van der Waals surface area contributed by atoms with Gasteiger partial charge in [-0.1, -0.05) is 13.8 Å². The van der Waals surface area contributed by atoms with Crippen molar-refractivity contribution in [1.82, 2.24) is 20.0 Å². The highest BCUT2D eigenvalue weighted by Gasteiger charge is 2.44. The lowest BCUT2D eigenvalue weighted by Crippen LogP contribution is -2.60. The van der Waals surface area contributed by atoms with E-state index in [0.29, 0.717) is 25.0 Å². The van der Waals surface area contributed by atoms with Gasteiger partial charge in [-0.25, -0.2) is 4.79 Å². The van der Waals surface area contributed by atoms with Crippen molar-refractivity contribution in [3.63, 3.8) is 0 Å². The van der Waals surface area contributed by atoms with E-state index in [-0.39, 0.29) is 23.5 Å². The largest absolute Gasteiger partial charge is 0.444 e. The smallest absolute Gasteiger partial charge is 0.410 e. The number of rotatable bonds is 6. The Morgan fingerprint density at radius 1 is 1.06 bits per heavy atom. The maximum Gasteiger partial charge on any atom is 0.410 e. The molecule has 1 atom stereocenters. The zero-order chi connectivity index (χ0) is 23.4. The molecule has 0 saturated carbocycles. The van der Waals surface area contributed by atoms with Gasteiger partial charge in [-0.05, 0) is 73.4 Å². The van der Waals surface area contributed by atoms with E-state index >= 15 is 0 Å². The van der Waals surface area contributed by atoms with Crippen LogP contribution in [-0.4, -0.2) is 90.2 Å². The monoisotopic (exact) mass is 438 g/mol. The van der Waals surface area contributed by atoms with Gasteiger partial charge in [-0.15, -0.1) is 0 Å². The normalized spacial score (nSPS) is 23.3. The summed E-state index contributed by atoms with van der Waals surface area (Å²) in [6.07, 6.45) is 1.52. The summed E-state index contributed by atoms with van der Waals surface area (Å²) in [6.45, 7) is 22.0. The van der Waals surface area contributed by atoms with Crippen molar-refractivity contribution in [2.75, 3.05) is 45.8 Å². The number of amides is 2. The van der Waals surface area contributed by atoms with E-state index in [2.05, 4.69) is 49.7 Å². The van der Waals surface area contributed by atoms with Gasteiger partial charge in [0.25, 0.3) is 0 Å². The summed E-state index contributed by atoms with van der Waals surface area (Å²) >= 11 is 0. The Bertz CT molecular complexity index is 606. The van der Waals surface area contributed by atoms with Gasteiger partial charge in [0.05, 0.1) is 5.41 Å². The number of ether oxygens (including phenoxy) is 1. The average molecular weight is 439 g/mol. The molecule has 0 bridgehead atoms. The molecular weight excluding hydrogens is 392 g/mol. The fourth-order valence-electron chi connectivity index (χ4n) is 4.52. The van der Waals surface area contributed by atoms with Crippen LogP contribution in [0.1, 0.15) is 68.2 Å². The molecule has 180 valence electrons. The van der Waals surface area contributed by atoms with Crippen LogP contribution in [0.15, 0.2) is 0 Å². The maximum atomic E-state index is 13.4. The van der Waals surface area contributed by atoms with Gasteiger partial charge in [0, 0.05) is 44.8 Å². The molecule has 0 spiro atoms. The molecule has 1 N–H and O–H groups in total. The van der Waals surface area contributed by atoms with Crippen LogP contribution in [0.5, 0.6) is 0 Å². The lowest BCUT2D eigenvalue weighted by atomic mass is 9.76. The van der Waals surface area contributed by atoms with Crippen LogP contribution in [0, 0.1) is 11.3 Å². The van der Waals surface area contributed by atoms with Gasteiger partial charge in [0.15, 0.2) is 0 Å². The molecule has 0 aromatic carbocycles. The first kappa shape index (κ1) is 25.9. The highest BCUT2D eigenvalue weighted by molar-refractivity contribution is 5.83. The molecule has 0 radical (unpaired) electrons. The lowest BCUT2D eigenvalue weighted by molar-refractivity contribution is -0.137. The minimum absolute atomic E-state index is 0.194. The molecule has 2 fully saturated rings. The second kappa shape index (κ2) is 10.5. The SMILES string of the molecule is CC(C)CNC(=O)C1(CN2CCN(C(=O)OC(C)(C)C)CC2C)CCN(C(C)C)CC1. The molecule has 2 aliphatic rings. The van der Waals surface area contributed by atoms with Crippen molar-refractivity contribution < 1.29 is 14.3 Å². The predicted molar refractivity (Wildman–Crippen MR) is 125 cm³/mol. The summed E-state index contributed by atoms with van der Waals surface area (Å²) in [6, 6.07) is 0.701. The molecule has 2 saturated heterocycles. The first-order valence-electron chi connectivity index (χ1n) is 12.1. The molecule has 2 heterocycles. The van der Waals surface area contributed by atoms with Gasteiger partial charge < -0.3 is 19.9 Å². The van der Waals surface area contributed by atoms with E-state index in [1.54, 1.807) is 4.90 Å². The van der Waals surface area contributed by atoms with E-state index in [1.165, 1.54) is 0 Å². The summed E-state index contributed by atoms with van der Waals surface area (Å²) in [5.41, 5.74) is -0.844. The number of piperidine rings is 1. The van der Waals surface area contributed by atoms with Gasteiger partial charge in [0.1, 0.15) is 5.60 Å². The Hall–Kier alpha value is -1.34. The van der Waals surface area contributed by atoms with Crippen LogP contribution in [0.4, 0.5) is 4.79 Å². The molecule has 1 unspecified atom stereocenters. The average Bonchev–Trinajstić information content (AvgIpc) is 2.66. The van der Waals surface area contributed by atoms with E-state index in [1.807, 2.05) is 20.8 Å². The minimum Gasteiger partial charge on any atom is -0.444 e. The second-order valence-corrected chi connectivity index (χ2v) is 11.3. The van der Waals surface area contributed by atoms with Gasteiger partial charge in [-0.3, -0.25) is 9.69 Å². The molecule has 2 aliphatic heterocycles. The van der Waals surface area contributed by atoms with E-state index in [0.717, 1.165) is 45.6 Å². The molecular formula is C24H46N4O3. The highest BCUT2D eigenvalue weighted by atomic mass is 16.6. The van der Waals surface area contributed by atoms with E-state index < -0.39 is 5.60 Å². The van der Waals surface area contributed by atoms with Gasteiger partial charge in [-0.2, -0.15) is 0 Å². The van der Waals surface area contributed by atoms with Crippen LogP contribution in [0.25, 0.3) is 0 Å². The molecule has 0 aromatic rings. The fourth-order valence-corrected chi connectivity index (χ4v) is 4.52. The maximum absolute atomic E-state index is 13.4. The topological polar surface area (TPSA) is 65.1 Å². The standard InChI is InChI=1S/C24H46N4O3/c1-18(2)15-25-21(29)24(9-11-26(12-10-24)19(3)4)17-28-14-13-27(16-20(28)5)22(30)31-23(6,7)8/h18-20H,9-17H2,1-8H3,(H,25,29). The molecule has 31 heavy (non-hydrogen) atoms. The Kier molecular flexibility index (Phi) is 8.79. The van der Waals surface area contributed by atoms with Crippen LogP contribution >= 0.6 is 0 Å². The lowest BCUT2D eigenvalue weighted by Gasteiger charge is -2.47. The van der Waals surface area contributed by atoms with Crippen molar-refractivity contribution in [3.05, 3.63) is 0 Å². The van der Waals surface area contributed by atoms with E-state index in [9.17, 15) is 9.59 Å².